The first kappa shape index (κ1) is 5.37. The lowest BCUT2D eigenvalue weighted by molar-refractivity contribution is -0.104. The summed E-state index contributed by atoms with van der Waals surface area (Å²) >= 11 is 0. The molecule has 0 spiro atoms. The summed E-state index contributed by atoms with van der Waals surface area (Å²) in [4.78, 5) is 9.34. The van der Waals surface area contributed by atoms with Crippen LogP contribution in [0, 0.1) is 0 Å². The number of rotatable bonds is 2. The van der Waals surface area contributed by atoms with Gasteiger partial charge in [-0.15, -0.1) is 0 Å². The molecule has 0 saturated heterocycles. The summed E-state index contributed by atoms with van der Waals surface area (Å²) in [5.74, 6) is 0. The fourth-order valence-electron chi connectivity index (χ4n) is 0.111. The van der Waals surface area contributed by atoms with Gasteiger partial charge in [0.25, 0.3) is 0 Å². The van der Waals surface area contributed by atoms with Crippen molar-refractivity contribution < 1.29 is 9.90 Å². The normalized spacial score (nSPS) is 9.50. The topological polar surface area (TPSA) is 37.0 Å². The van der Waals surface area contributed by atoms with E-state index >= 15 is 0 Å². The predicted molar refractivity (Wildman–Crippen MR) is 20.8 cm³/mol. The Morgan fingerprint density at radius 3 is 2.33 bits per heavy atom. The SMILES string of the molecule is [O]C/C=C/C=O. The highest BCUT2D eigenvalue weighted by Crippen LogP contribution is 1.60. The van der Waals surface area contributed by atoms with E-state index in [9.17, 15) is 9.90 Å². The molecule has 0 fully saturated rings. The summed E-state index contributed by atoms with van der Waals surface area (Å²) in [6, 6.07) is 0. The standard InChI is InChI=1S/C4H5O2/c5-3-1-2-4-6/h1-3H,4H2/b2-1+. The third-order valence-electron chi connectivity index (χ3n) is 0.311. The first-order chi connectivity index (χ1) is 2.91. The van der Waals surface area contributed by atoms with Gasteiger partial charge in [0.15, 0.2) is 0 Å². The molecule has 1 radical (unpaired) electrons. The van der Waals surface area contributed by atoms with Crippen molar-refractivity contribution in [2.45, 2.75) is 0 Å². The van der Waals surface area contributed by atoms with Gasteiger partial charge < -0.3 is 0 Å². The first-order valence-corrected chi connectivity index (χ1v) is 1.60. The molecule has 0 unspecified atom stereocenters. The van der Waals surface area contributed by atoms with Gasteiger partial charge in [-0.05, 0) is 6.08 Å². The molecule has 0 N–H and O–H groups in total. The van der Waals surface area contributed by atoms with E-state index in [1.54, 1.807) is 0 Å². The van der Waals surface area contributed by atoms with E-state index in [2.05, 4.69) is 0 Å². The van der Waals surface area contributed by atoms with Crippen LogP contribution < -0.4 is 0 Å². The number of aldehydes is 1. The third-order valence-corrected chi connectivity index (χ3v) is 0.311. The summed E-state index contributed by atoms with van der Waals surface area (Å²) in [5, 5.41) is 9.44. The zero-order valence-corrected chi connectivity index (χ0v) is 3.26. The fraction of sp³-hybridized carbons (Fsp3) is 0.250. The molecule has 0 atom stereocenters. The maximum Gasteiger partial charge on any atom is 0.142 e. The van der Waals surface area contributed by atoms with Crippen LogP contribution in [0.25, 0.3) is 0 Å². The maximum atomic E-state index is 9.44. The first-order valence-electron chi connectivity index (χ1n) is 1.60. The molecule has 0 aliphatic carbocycles. The second kappa shape index (κ2) is 4.37. The molecule has 6 heavy (non-hydrogen) atoms. The molecule has 0 saturated carbocycles. The van der Waals surface area contributed by atoms with Gasteiger partial charge in [0.1, 0.15) is 12.9 Å². The van der Waals surface area contributed by atoms with Crippen LogP contribution in [-0.2, 0) is 9.90 Å². The van der Waals surface area contributed by atoms with Crippen molar-refractivity contribution in [3.05, 3.63) is 12.2 Å². The maximum absolute atomic E-state index is 9.44. The van der Waals surface area contributed by atoms with Crippen LogP contribution in [0.2, 0.25) is 0 Å². The van der Waals surface area contributed by atoms with Gasteiger partial charge in [0.05, 0.1) is 0 Å². The quantitative estimate of drug-likeness (QED) is 0.348. The highest BCUT2D eigenvalue weighted by Gasteiger charge is 1.61. The summed E-state index contributed by atoms with van der Waals surface area (Å²) in [7, 11) is 0. The Labute approximate surface area is 36.1 Å². The van der Waals surface area contributed by atoms with Crippen LogP contribution in [-0.4, -0.2) is 12.9 Å². The van der Waals surface area contributed by atoms with Crippen molar-refractivity contribution in [3.8, 4) is 0 Å². The molecule has 0 rings (SSSR count). The largest absolute Gasteiger partial charge is 0.299 e. The number of hydrogen-bond donors (Lipinski definition) is 0. The van der Waals surface area contributed by atoms with Gasteiger partial charge in [-0.2, -0.15) is 0 Å². The predicted octanol–water partition coefficient (Wildman–Crippen LogP) is 0.172. The lowest BCUT2D eigenvalue weighted by Crippen LogP contribution is -1.66. The molecule has 0 aromatic heterocycles. The van der Waals surface area contributed by atoms with E-state index in [0.717, 1.165) is 0 Å². The average molecular weight is 85.1 g/mol. The van der Waals surface area contributed by atoms with E-state index in [-0.39, 0.29) is 6.61 Å². The van der Waals surface area contributed by atoms with Crippen LogP contribution in [0.4, 0.5) is 0 Å². The van der Waals surface area contributed by atoms with Crippen LogP contribution in [0.1, 0.15) is 0 Å². The van der Waals surface area contributed by atoms with E-state index in [0.29, 0.717) is 6.29 Å². The summed E-state index contributed by atoms with van der Waals surface area (Å²) in [6.45, 7) is -0.307. The minimum absolute atomic E-state index is 0.307. The zero-order chi connectivity index (χ0) is 4.83. The van der Waals surface area contributed by atoms with E-state index in [4.69, 9.17) is 0 Å². The molecule has 0 aliphatic rings. The van der Waals surface area contributed by atoms with E-state index < -0.39 is 0 Å². The minimum atomic E-state index is -0.307. The molecule has 0 heterocycles. The van der Waals surface area contributed by atoms with Gasteiger partial charge in [0, 0.05) is 0 Å². The molecule has 0 amide bonds. The van der Waals surface area contributed by atoms with Crippen molar-refractivity contribution in [3.63, 3.8) is 0 Å². The Balaban J connectivity index is 2.94. The highest BCUT2D eigenvalue weighted by atomic mass is 16.2. The summed E-state index contributed by atoms with van der Waals surface area (Å²) in [5.41, 5.74) is 0. The van der Waals surface area contributed by atoms with Crippen LogP contribution in [0.15, 0.2) is 12.2 Å². The Bertz CT molecular complexity index is 56.6. The molecular formula is C4H5O2. The molecular weight excluding hydrogens is 80.0 g/mol. The summed E-state index contributed by atoms with van der Waals surface area (Å²) < 4.78 is 0. The molecule has 0 aromatic rings. The Morgan fingerprint density at radius 2 is 2.17 bits per heavy atom. The number of hydrogen-bond acceptors (Lipinski definition) is 1. The number of allylic oxidation sites excluding steroid dienone is 1. The molecule has 2 heteroatoms. The van der Waals surface area contributed by atoms with E-state index in [1.807, 2.05) is 0 Å². The summed E-state index contributed by atoms with van der Waals surface area (Å²) in [6.07, 6.45) is 3.03. The van der Waals surface area contributed by atoms with Crippen LogP contribution >= 0.6 is 0 Å². The van der Waals surface area contributed by atoms with Crippen molar-refractivity contribution in [2.24, 2.45) is 0 Å². The average Bonchev–Trinajstić information content (AvgIpc) is 1.61. The monoisotopic (exact) mass is 85.0 g/mol. The van der Waals surface area contributed by atoms with Gasteiger partial charge in [-0.1, -0.05) is 6.08 Å². The van der Waals surface area contributed by atoms with E-state index in [1.165, 1.54) is 12.2 Å². The Kier molecular flexibility index (Phi) is 3.91. The van der Waals surface area contributed by atoms with Gasteiger partial charge in [-0.3, -0.25) is 4.79 Å². The van der Waals surface area contributed by atoms with Gasteiger partial charge in [-0.25, -0.2) is 5.11 Å². The molecule has 33 valence electrons. The molecule has 0 aliphatic heterocycles. The second-order valence-corrected chi connectivity index (χ2v) is 0.731. The minimum Gasteiger partial charge on any atom is -0.299 e. The molecule has 2 nitrogen and oxygen atoms in total. The Morgan fingerprint density at radius 1 is 1.50 bits per heavy atom. The van der Waals surface area contributed by atoms with Crippen molar-refractivity contribution in [1.82, 2.24) is 0 Å². The zero-order valence-electron chi connectivity index (χ0n) is 3.26. The number of carbonyl (C=O) groups is 1. The van der Waals surface area contributed by atoms with Crippen LogP contribution in [0.5, 0.6) is 0 Å². The third kappa shape index (κ3) is 3.37. The molecule has 0 aromatic carbocycles. The highest BCUT2D eigenvalue weighted by molar-refractivity contribution is 5.64. The Hall–Kier alpha value is -0.630. The fourth-order valence-corrected chi connectivity index (χ4v) is 0.111. The second-order valence-electron chi connectivity index (χ2n) is 0.731. The van der Waals surface area contributed by atoms with Gasteiger partial charge >= 0.3 is 0 Å². The van der Waals surface area contributed by atoms with Crippen molar-refractivity contribution in [1.29, 1.82) is 0 Å². The smallest absolute Gasteiger partial charge is 0.142 e. The van der Waals surface area contributed by atoms with Crippen LogP contribution in [0.3, 0.4) is 0 Å². The lowest BCUT2D eigenvalue weighted by atomic mass is 10.5. The lowest BCUT2D eigenvalue weighted by Gasteiger charge is -1.62. The molecule has 0 bridgehead atoms. The number of carbonyl (C=O) groups excluding carboxylic acids is 1. The van der Waals surface area contributed by atoms with Gasteiger partial charge in [0.2, 0.25) is 0 Å². The van der Waals surface area contributed by atoms with Crippen molar-refractivity contribution >= 4 is 6.29 Å². The van der Waals surface area contributed by atoms with Crippen molar-refractivity contribution in [2.75, 3.05) is 6.61 Å².